The van der Waals surface area contributed by atoms with E-state index >= 15 is 0 Å². The van der Waals surface area contributed by atoms with Crippen molar-refractivity contribution in [2.24, 2.45) is 11.5 Å². The third kappa shape index (κ3) is 15.1. The molecule has 1 aliphatic heterocycles. The number of fused-ring (bicyclic) bond motifs is 1. The highest BCUT2D eigenvalue weighted by Crippen LogP contribution is 2.24. The molecule has 3 aromatic carbocycles. The Hall–Kier alpha value is -5.93. The molecule has 8 atom stereocenters. The van der Waals surface area contributed by atoms with Crippen molar-refractivity contribution in [1.29, 1.82) is 0 Å². The first-order chi connectivity index (χ1) is 31.2. The smallest absolute Gasteiger partial charge is 0.327 e. The highest BCUT2D eigenvalue weighted by molar-refractivity contribution is 8.76. The van der Waals surface area contributed by atoms with Crippen LogP contribution in [-0.2, 0) is 52.8 Å². The molecule has 0 spiro atoms. The summed E-state index contributed by atoms with van der Waals surface area (Å²) in [6.45, 7) is 1.53. The maximum absolute atomic E-state index is 14.6. The fourth-order valence-corrected chi connectivity index (χ4v) is 9.44. The molecule has 0 radical (unpaired) electrons. The molecule has 5 rings (SSSR count). The van der Waals surface area contributed by atoms with Crippen LogP contribution in [0.2, 0.25) is 0 Å². The van der Waals surface area contributed by atoms with Crippen molar-refractivity contribution in [3.05, 3.63) is 108 Å². The van der Waals surface area contributed by atoms with E-state index in [1.165, 1.54) is 6.92 Å². The number of para-hydroxylation sites is 1. The second kappa shape index (κ2) is 24.9. The Bertz CT molecular complexity index is 2250. The lowest BCUT2D eigenvalue weighted by Crippen LogP contribution is -2.61. The number of carbonyl (C=O) groups excluding carboxylic acids is 6. The van der Waals surface area contributed by atoms with Gasteiger partial charge in [0.05, 0.1) is 12.1 Å². The van der Waals surface area contributed by atoms with E-state index < -0.39 is 89.8 Å². The summed E-state index contributed by atoms with van der Waals surface area (Å²) in [7, 11) is 2.01. The monoisotopic (exact) mass is 931 g/mol. The number of H-pyrrole nitrogens is 1. The van der Waals surface area contributed by atoms with Crippen molar-refractivity contribution < 1.29 is 43.8 Å². The van der Waals surface area contributed by atoms with Crippen molar-refractivity contribution in [3.8, 4) is 0 Å². The zero-order valence-corrected chi connectivity index (χ0v) is 37.5. The van der Waals surface area contributed by atoms with Crippen LogP contribution in [0.4, 0.5) is 0 Å². The van der Waals surface area contributed by atoms with Crippen LogP contribution in [0, 0.1) is 0 Å². The Balaban J connectivity index is 1.53. The van der Waals surface area contributed by atoms with Crippen LogP contribution in [0.3, 0.4) is 0 Å². The van der Waals surface area contributed by atoms with Gasteiger partial charge in [-0.25, -0.2) is 4.79 Å². The van der Waals surface area contributed by atoms with E-state index in [-0.39, 0.29) is 43.7 Å². The van der Waals surface area contributed by atoms with Crippen molar-refractivity contribution in [1.82, 2.24) is 36.9 Å². The number of hydrogen-bond donors (Lipinski definition) is 11. The van der Waals surface area contributed by atoms with Crippen LogP contribution in [-0.4, -0.2) is 123 Å². The lowest BCUT2D eigenvalue weighted by molar-refractivity contribution is -0.142. The lowest BCUT2D eigenvalue weighted by atomic mass is 10.0. The van der Waals surface area contributed by atoms with Gasteiger partial charge < -0.3 is 58.6 Å². The number of rotatable bonds is 14. The molecule has 1 saturated heterocycles. The fraction of sp³-hybridized carbons (Fsp3) is 0.400. The third-order valence-electron chi connectivity index (χ3n) is 10.7. The van der Waals surface area contributed by atoms with Crippen LogP contribution < -0.4 is 43.4 Å². The molecule has 18 nitrogen and oxygen atoms in total. The summed E-state index contributed by atoms with van der Waals surface area (Å²) < 4.78 is 0. The molecule has 2 heterocycles. The zero-order valence-electron chi connectivity index (χ0n) is 35.9. The lowest BCUT2D eigenvalue weighted by Gasteiger charge is -2.28. The Morgan fingerprint density at radius 3 is 1.97 bits per heavy atom. The molecule has 20 heteroatoms. The summed E-state index contributed by atoms with van der Waals surface area (Å²) in [4.78, 5) is 100. The number of unbranched alkanes of at least 4 members (excludes halogenated alkanes) is 1. The van der Waals surface area contributed by atoms with Crippen LogP contribution in [0.1, 0.15) is 42.9 Å². The van der Waals surface area contributed by atoms with Gasteiger partial charge in [0.1, 0.15) is 36.3 Å². The Kier molecular flexibility index (Phi) is 19.2. The summed E-state index contributed by atoms with van der Waals surface area (Å²) in [6, 6.07) is 15.8. The van der Waals surface area contributed by atoms with Gasteiger partial charge in [-0.3, -0.25) is 28.8 Å². The Labute approximate surface area is 384 Å². The predicted molar refractivity (Wildman–Crippen MR) is 249 cm³/mol. The number of aliphatic hydroxyl groups is 1. The van der Waals surface area contributed by atoms with Crippen molar-refractivity contribution in [3.63, 3.8) is 0 Å². The second-order valence-electron chi connectivity index (χ2n) is 15.8. The first-order valence-corrected chi connectivity index (χ1v) is 23.8. The number of aliphatic carboxylic acids is 1. The Morgan fingerprint density at radius 1 is 0.723 bits per heavy atom. The molecule has 0 aliphatic carbocycles. The number of nitrogens with one attached hydrogen (secondary N) is 7. The fourth-order valence-electron chi connectivity index (χ4n) is 7.12. The van der Waals surface area contributed by atoms with E-state index in [0.29, 0.717) is 24.0 Å². The van der Waals surface area contributed by atoms with Gasteiger partial charge in [-0.15, -0.1) is 0 Å². The van der Waals surface area contributed by atoms with Gasteiger partial charge in [0, 0.05) is 41.4 Å². The standard InChI is InChI=1S/C45H57N9O9S2/c1-26(55)38-44(61)53-37(45(62)63)25-65-64-24-36(52-39(56)31(47)20-27-12-4-2-5-13-27)43(60)50-34(21-28-14-6-3-7-15-28)41(58)51-35(22-29-23-48-32-17-9-8-16-30(29)32)42(59)49-33(40(57)54-38)18-10-11-19-46/h2-9,12-17,23,26,31,33-38,48,55H,10-11,18-22,24-25,46-47H2,1H3,(H,49,59)(H,50,60)(H,51,58)(H,52,56)(H,53,61)(H,54,57)(H,62,63)/t26-,31-,33?,34+,35-,36?,37+,38?/m1/s1. The molecule has 0 bridgehead atoms. The molecule has 13 N–H and O–H groups in total. The second-order valence-corrected chi connectivity index (χ2v) is 18.3. The van der Waals surface area contributed by atoms with Gasteiger partial charge in [-0.1, -0.05) is 100 Å². The normalized spacial score (nSPS) is 22.9. The van der Waals surface area contributed by atoms with Crippen LogP contribution in [0.5, 0.6) is 0 Å². The molecule has 65 heavy (non-hydrogen) atoms. The predicted octanol–water partition coefficient (Wildman–Crippen LogP) is 0.421. The molecule has 3 unspecified atom stereocenters. The summed E-state index contributed by atoms with van der Waals surface area (Å²) >= 11 is 0. The van der Waals surface area contributed by atoms with E-state index in [2.05, 4.69) is 36.9 Å². The van der Waals surface area contributed by atoms with Gasteiger partial charge in [0.25, 0.3) is 0 Å². The average molecular weight is 932 g/mol. The van der Waals surface area contributed by atoms with Crippen molar-refractivity contribution in [2.75, 3.05) is 18.1 Å². The number of nitrogens with two attached hydrogens (primary N) is 2. The number of aromatic amines is 1. The van der Waals surface area contributed by atoms with E-state index in [4.69, 9.17) is 11.5 Å². The number of aliphatic hydroxyl groups excluding tert-OH is 1. The van der Waals surface area contributed by atoms with Gasteiger partial charge in [-0.2, -0.15) is 0 Å². The van der Waals surface area contributed by atoms with Crippen LogP contribution >= 0.6 is 21.6 Å². The molecular formula is C45H57N9O9S2. The quantitative estimate of drug-likeness (QED) is 0.0605. The average Bonchev–Trinajstić information content (AvgIpc) is 3.70. The highest BCUT2D eigenvalue weighted by Gasteiger charge is 2.36. The number of benzene rings is 3. The maximum Gasteiger partial charge on any atom is 0.327 e. The molecular weight excluding hydrogens is 875 g/mol. The molecule has 1 fully saturated rings. The number of carboxylic acid groups (broad SMARTS) is 1. The number of carbonyl (C=O) groups is 7. The van der Waals surface area contributed by atoms with E-state index in [1.807, 2.05) is 42.5 Å². The molecule has 4 aromatic rings. The largest absolute Gasteiger partial charge is 0.480 e. The van der Waals surface area contributed by atoms with Gasteiger partial charge >= 0.3 is 5.97 Å². The molecule has 348 valence electrons. The minimum Gasteiger partial charge on any atom is -0.480 e. The summed E-state index contributed by atoms with van der Waals surface area (Å²) in [6.07, 6.45) is 1.17. The highest BCUT2D eigenvalue weighted by atomic mass is 33.1. The van der Waals surface area contributed by atoms with Crippen molar-refractivity contribution in [2.45, 2.75) is 93.8 Å². The molecule has 6 amide bonds. The summed E-state index contributed by atoms with van der Waals surface area (Å²) in [5, 5.41) is 37.4. The molecule has 1 aromatic heterocycles. The number of aromatic nitrogens is 1. The van der Waals surface area contributed by atoms with Crippen LogP contribution in [0.15, 0.2) is 91.1 Å². The van der Waals surface area contributed by atoms with E-state index in [0.717, 1.165) is 38.1 Å². The van der Waals surface area contributed by atoms with Gasteiger partial charge in [-0.05, 0) is 61.9 Å². The van der Waals surface area contributed by atoms with Crippen LogP contribution in [0.25, 0.3) is 10.9 Å². The van der Waals surface area contributed by atoms with E-state index in [1.54, 1.807) is 48.7 Å². The van der Waals surface area contributed by atoms with Gasteiger partial charge in [0.2, 0.25) is 35.4 Å². The van der Waals surface area contributed by atoms with Gasteiger partial charge in [0.15, 0.2) is 0 Å². The number of amides is 6. The number of carboxylic acids is 1. The van der Waals surface area contributed by atoms with E-state index in [9.17, 15) is 43.8 Å². The van der Waals surface area contributed by atoms with Crippen molar-refractivity contribution >= 4 is 73.9 Å². The number of hydrogen-bond acceptors (Lipinski definition) is 12. The summed E-state index contributed by atoms with van der Waals surface area (Å²) in [5.41, 5.74) is 14.9. The zero-order chi connectivity index (χ0) is 46.9. The minimum atomic E-state index is -1.63. The SMILES string of the molecule is C[C@@H](O)C1NC(=O)C(CCCCN)NC(=O)[C@@H](Cc2c[nH]c3ccccc23)NC(=O)[C@H](Cc2ccccc2)NC(=O)C(NC(=O)[C@H](N)Cc2ccccc2)CSSC[C@@H](C(=O)O)NC1=O. The molecule has 0 saturated carbocycles. The first-order valence-electron chi connectivity index (χ1n) is 21.3. The minimum absolute atomic E-state index is 0.0270. The topological polar surface area (TPSA) is 300 Å². The Morgan fingerprint density at radius 2 is 1.31 bits per heavy atom. The first kappa shape index (κ1) is 50.1. The maximum atomic E-state index is 14.6. The molecule has 1 aliphatic rings. The third-order valence-corrected chi connectivity index (χ3v) is 13.1. The summed E-state index contributed by atoms with van der Waals surface area (Å²) in [5.74, 6) is -6.57.